The van der Waals surface area contributed by atoms with Crippen LogP contribution in [0.25, 0.3) is 5.65 Å². The predicted octanol–water partition coefficient (Wildman–Crippen LogP) is 3.00. The van der Waals surface area contributed by atoms with Crippen molar-refractivity contribution in [3.05, 3.63) is 71.2 Å². The van der Waals surface area contributed by atoms with Crippen molar-refractivity contribution >= 4 is 43.3 Å². The molecule has 3 aliphatic heterocycles. The second-order valence-corrected chi connectivity index (χ2v) is 21.4. The molecule has 3 aromatic heterocycles. The molecule has 19 heteroatoms. The number of sulfonamides is 1. The summed E-state index contributed by atoms with van der Waals surface area (Å²) in [6.07, 6.45) is 3.20. The highest BCUT2D eigenvalue weighted by Gasteiger charge is 2.74. The Morgan fingerprint density at radius 1 is 0.966 bits per heavy atom. The Hall–Kier alpha value is -4.46. The van der Waals surface area contributed by atoms with Gasteiger partial charge in [-0.15, -0.1) is 14.3 Å². The lowest BCUT2D eigenvalue weighted by atomic mass is 9.53. The molecule has 4 atom stereocenters. The first-order valence-corrected chi connectivity index (χ1v) is 22.4. The predicted molar refractivity (Wildman–Crippen MR) is 213 cm³/mol. The fourth-order valence-corrected chi connectivity index (χ4v) is 12.6. The molecule has 3 unspecified atom stereocenters. The number of carbonyl (C=O) groups excluding carboxylic acids is 2. The molecule has 17 nitrogen and oxygen atoms in total. The second-order valence-electron chi connectivity index (χ2n) is 17.8. The van der Waals surface area contributed by atoms with Crippen molar-refractivity contribution in [3.63, 3.8) is 0 Å². The van der Waals surface area contributed by atoms with Crippen LogP contribution in [0.1, 0.15) is 82.0 Å². The Morgan fingerprint density at radius 3 is 2.28 bits per heavy atom. The molecule has 6 heterocycles. The van der Waals surface area contributed by atoms with Crippen LogP contribution in [-0.2, 0) is 54.9 Å². The number of aromatic nitrogens is 6. The minimum Gasteiger partial charge on any atom is -0.469 e. The Labute approximate surface area is 338 Å². The van der Waals surface area contributed by atoms with Crippen LogP contribution in [-0.4, -0.2) is 110 Å². The van der Waals surface area contributed by atoms with E-state index in [9.17, 15) is 26.4 Å². The molecular formula is C39H52N8O9S2. The molecule has 4 aromatic rings. The molecule has 2 bridgehead atoms. The first-order valence-electron chi connectivity index (χ1n) is 19.1. The minimum atomic E-state index is -4.25. The number of carbonyl (C=O) groups is 2. The zero-order valence-electron chi connectivity index (χ0n) is 34.4. The van der Waals surface area contributed by atoms with Crippen molar-refractivity contribution in [1.82, 2.24) is 33.5 Å². The summed E-state index contributed by atoms with van der Waals surface area (Å²) in [6, 6.07) is 12.6. The Kier molecular flexibility index (Phi) is 10.1. The number of hydrogen-bond donors (Lipinski definition) is 1. The summed E-state index contributed by atoms with van der Waals surface area (Å²) < 4.78 is 75.9. The van der Waals surface area contributed by atoms with E-state index in [0.29, 0.717) is 11.5 Å². The van der Waals surface area contributed by atoms with Crippen molar-refractivity contribution in [1.29, 1.82) is 0 Å². The normalized spacial score (nSPS) is 24.9. The van der Waals surface area contributed by atoms with E-state index < -0.39 is 71.3 Å². The monoisotopic (exact) mass is 840 g/mol. The van der Waals surface area contributed by atoms with Crippen LogP contribution < -0.4 is 9.62 Å². The maximum Gasteiger partial charge on any atom is 0.312 e. The van der Waals surface area contributed by atoms with Crippen LogP contribution in [0, 0.1) is 30.1 Å². The summed E-state index contributed by atoms with van der Waals surface area (Å²) in [7, 11) is -5.90. The lowest BCUT2D eigenvalue weighted by Gasteiger charge is -2.49. The maximum atomic E-state index is 13.8. The number of nitrogens with one attached hydrogen (secondary N) is 1. The number of anilines is 1. The van der Waals surface area contributed by atoms with E-state index in [1.165, 1.54) is 54.4 Å². The average molecular weight is 841 g/mol. The van der Waals surface area contributed by atoms with Crippen LogP contribution in [0.5, 0.6) is 0 Å². The van der Waals surface area contributed by atoms with E-state index in [4.69, 9.17) is 24.3 Å². The summed E-state index contributed by atoms with van der Waals surface area (Å²) in [5.41, 5.74) is -1.14. The first kappa shape index (κ1) is 41.7. The van der Waals surface area contributed by atoms with E-state index in [2.05, 4.69) is 57.0 Å². The quantitative estimate of drug-likeness (QED) is 0.181. The smallest absolute Gasteiger partial charge is 0.312 e. The molecule has 1 saturated carbocycles. The van der Waals surface area contributed by atoms with Gasteiger partial charge < -0.3 is 19.1 Å². The summed E-state index contributed by atoms with van der Waals surface area (Å²) in [5, 5.41) is 9.49. The van der Waals surface area contributed by atoms with Gasteiger partial charge in [0.1, 0.15) is 11.4 Å². The van der Waals surface area contributed by atoms with Crippen molar-refractivity contribution in [2.75, 3.05) is 56.9 Å². The van der Waals surface area contributed by atoms with Crippen molar-refractivity contribution in [3.8, 4) is 0 Å². The summed E-state index contributed by atoms with van der Waals surface area (Å²) >= 11 is 0. The summed E-state index contributed by atoms with van der Waals surface area (Å²) in [6.45, 7) is 13.3. The van der Waals surface area contributed by atoms with Crippen molar-refractivity contribution in [2.45, 2.75) is 78.2 Å². The third-order valence-electron chi connectivity index (χ3n) is 12.1. The van der Waals surface area contributed by atoms with Crippen LogP contribution in [0.3, 0.4) is 0 Å². The van der Waals surface area contributed by atoms with Gasteiger partial charge in [0.2, 0.25) is 10.0 Å². The van der Waals surface area contributed by atoms with Gasteiger partial charge >= 0.3 is 11.9 Å². The number of hydrogen-bond acceptors (Lipinski definition) is 14. The number of pyridine rings is 1. The van der Waals surface area contributed by atoms with Gasteiger partial charge in [-0.2, -0.15) is 0 Å². The van der Waals surface area contributed by atoms with Gasteiger partial charge in [0.15, 0.2) is 17.3 Å². The average Bonchev–Trinajstić information content (AvgIpc) is 3.98. The number of nitrogens with zero attached hydrogens (tertiary/aromatic N) is 7. The molecular weight excluding hydrogens is 789 g/mol. The Morgan fingerprint density at radius 2 is 1.62 bits per heavy atom. The van der Waals surface area contributed by atoms with Crippen LogP contribution in [0.2, 0.25) is 0 Å². The van der Waals surface area contributed by atoms with Gasteiger partial charge in [-0.25, -0.2) is 36.0 Å². The van der Waals surface area contributed by atoms with E-state index in [-0.39, 0.29) is 36.6 Å². The number of aryl methyl sites for hydroxylation is 2. The molecule has 58 heavy (non-hydrogen) atoms. The number of rotatable bonds is 14. The lowest BCUT2D eigenvalue weighted by molar-refractivity contribution is -0.150. The molecule has 4 aliphatic rings. The van der Waals surface area contributed by atoms with Crippen molar-refractivity contribution in [2.24, 2.45) is 16.2 Å². The van der Waals surface area contributed by atoms with Crippen LogP contribution in [0.15, 0.2) is 42.6 Å². The number of benzene rings is 1. The summed E-state index contributed by atoms with van der Waals surface area (Å²) in [5.74, 6) is -2.83. The maximum absolute atomic E-state index is 13.8. The van der Waals surface area contributed by atoms with Gasteiger partial charge in [0.25, 0.3) is 10.0 Å². The molecule has 314 valence electrons. The number of ether oxygens (including phenoxy) is 3. The van der Waals surface area contributed by atoms with Gasteiger partial charge in [-0.3, -0.25) is 9.59 Å². The fourth-order valence-electron chi connectivity index (χ4n) is 9.09. The molecule has 1 N–H and O–H groups in total. The zero-order chi connectivity index (χ0) is 42.3. The van der Waals surface area contributed by atoms with Crippen LogP contribution in [0.4, 0.5) is 5.69 Å². The Balaban J connectivity index is 1.24. The number of esters is 2. The van der Waals surface area contributed by atoms with Gasteiger partial charge in [-0.1, -0.05) is 37.3 Å². The third kappa shape index (κ3) is 7.06. The van der Waals surface area contributed by atoms with Gasteiger partial charge in [0, 0.05) is 30.5 Å². The molecule has 1 aliphatic carbocycles. The molecule has 0 spiro atoms. The van der Waals surface area contributed by atoms with E-state index in [0.717, 1.165) is 34.8 Å². The molecule has 3 saturated heterocycles. The van der Waals surface area contributed by atoms with Crippen LogP contribution >= 0.6 is 0 Å². The number of fused-ring (bicyclic) bond motifs is 2. The molecule has 1 aromatic carbocycles. The first-order chi connectivity index (χ1) is 27.0. The highest BCUT2D eigenvalue weighted by atomic mass is 32.2. The van der Waals surface area contributed by atoms with Crippen molar-refractivity contribution < 1.29 is 40.6 Å². The zero-order valence-corrected chi connectivity index (χ0v) is 36.0. The topological polar surface area (TPSA) is 206 Å². The van der Waals surface area contributed by atoms with E-state index >= 15 is 0 Å². The largest absolute Gasteiger partial charge is 0.469 e. The van der Waals surface area contributed by atoms with Gasteiger partial charge in [-0.05, 0) is 71.6 Å². The Bertz CT molecular complexity index is 2500. The molecule has 0 radical (unpaired) electrons. The fraction of sp³-hybridized carbons (Fsp3) is 0.590. The van der Waals surface area contributed by atoms with E-state index in [1.54, 1.807) is 4.52 Å². The SMILES string of the molecule is COC(=O)C(C)(C)CS(=O)(=O)NCC12COC(c3nc4c(C)cc(N5CC[C@](C)(c6ccccc6)C5)cn4n3)(C1)C2c1nc(C)n(S(=O)(=O)CC(C)(C)C(=O)OC)n1. The highest BCUT2D eigenvalue weighted by Crippen LogP contribution is 2.70. The second kappa shape index (κ2) is 14.1. The minimum absolute atomic E-state index is 0.0234. The number of methoxy groups -OCH3 is 2. The van der Waals surface area contributed by atoms with E-state index in [1.807, 2.05) is 19.2 Å². The molecule has 8 rings (SSSR count). The molecule has 4 fully saturated rings. The summed E-state index contributed by atoms with van der Waals surface area (Å²) in [4.78, 5) is 36.8. The third-order valence-corrected chi connectivity index (χ3v) is 15.7. The highest BCUT2D eigenvalue weighted by molar-refractivity contribution is 7.90. The molecule has 0 amide bonds. The van der Waals surface area contributed by atoms with Gasteiger partial charge in [0.05, 0.1) is 61.0 Å². The lowest BCUT2D eigenvalue weighted by Crippen LogP contribution is -2.57. The standard InChI is InChI=1S/C39H52N8O9S2/c1-25-17-28(45-16-15-37(7,21-45)27-13-11-10-12-14-27)18-46-31(25)42-32(44-46)39-19-38(22-56-39,20-40-57(50,51)23-35(3,4)33(48)54-8)29(39)30-41-26(2)47(43-30)58(52,53)24-36(5,6)34(49)55-9/h10-14,17-18,29,40H,15-16,19-24H2,1-9H3/t29?,37-,38?,39?/m0/s1.